The minimum Gasteiger partial charge on any atom is -0.140 e. The first kappa shape index (κ1) is 14.7. The van der Waals surface area contributed by atoms with Crippen molar-refractivity contribution in [2.24, 2.45) is 0 Å². The molecule has 0 aliphatic heterocycles. The van der Waals surface area contributed by atoms with Crippen LogP contribution in [0.2, 0.25) is 13.1 Å². The number of halogens is 4. The van der Waals surface area contributed by atoms with Crippen LogP contribution in [0.3, 0.4) is 0 Å². The Morgan fingerprint density at radius 3 is 1.28 bits per heavy atom. The summed E-state index contributed by atoms with van der Waals surface area (Å²) in [6.45, 7) is -1.02. The molecule has 0 aliphatic rings. The number of benzene rings is 2. The van der Waals surface area contributed by atoms with E-state index in [-0.39, 0.29) is 0 Å². The summed E-state index contributed by atoms with van der Waals surface area (Å²) >= 11 is 25.4. The van der Waals surface area contributed by atoms with E-state index in [1.807, 2.05) is 49.5 Å². The Morgan fingerprint density at radius 2 is 1.00 bits per heavy atom. The summed E-state index contributed by atoms with van der Waals surface area (Å²) in [6, 6.07) is 12.0. The molecule has 0 fully saturated rings. The van der Waals surface area contributed by atoms with Gasteiger partial charge in [0.2, 0.25) is 0 Å². The molecule has 0 spiro atoms. The molecule has 0 atom stereocenters. The average Bonchev–Trinajstić information content (AvgIpc) is 2.24. The van der Waals surface area contributed by atoms with E-state index in [2.05, 4.69) is 0 Å². The van der Waals surface area contributed by atoms with Gasteiger partial charge in [0.15, 0.2) is 0 Å². The van der Waals surface area contributed by atoms with Gasteiger partial charge in [-0.2, -0.15) is 0 Å². The summed E-state index contributed by atoms with van der Waals surface area (Å²) in [4.78, 5) is 0. The summed E-state index contributed by atoms with van der Waals surface area (Å²) in [5, 5.41) is 4.15. The summed E-state index contributed by atoms with van der Waals surface area (Å²) in [7, 11) is 0. The Bertz CT molecular complexity index is 531. The second-order valence-electron chi connectivity index (χ2n) is 4.48. The highest BCUT2D eigenvalue weighted by Gasteiger charge is 2.30. The van der Waals surface area contributed by atoms with Crippen molar-refractivity contribution in [2.45, 2.75) is 13.1 Å². The zero-order chi connectivity index (χ0) is 13.6. The molecule has 18 heavy (non-hydrogen) atoms. The molecule has 0 saturated heterocycles. The van der Waals surface area contributed by atoms with Gasteiger partial charge in [0.05, 0.1) is 0 Å². The van der Waals surface area contributed by atoms with Gasteiger partial charge < -0.3 is 0 Å². The van der Waals surface area contributed by atoms with Crippen LogP contribution in [-0.2, 0) is 0 Å². The molecule has 96 valence electrons. The first-order chi connectivity index (χ1) is 8.21. The molecule has 0 bridgehead atoms. The first-order valence-corrected chi connectivity index (χ1v) is 14.5. The third kappa shape index (κ3) is 2.89. The molecule has 2 rings (SSSR count). The molecule has 0 nitrogen and oxygen atoms in total. The lowest BCUT2D eigenvalue weighted by molar-refractivity contribution is 1.80. The maximum absolute atomic E-state index is 6.35. The maximum Gasteiger partial charge on any atom is 0.278 e. The van der Waals surface area contributed by atoms with Crippen molar-refractivity contribution in [2.75, 3.05) is 0 Å². The first-order valence-electron chi connectivity index (χ1n) is 5.49. The molecule has 0 aromatic heterocycles. The van der Waals surface area contributed by atoms with Gasteiger partial charge in [0.1, 0.15) is 0 Å². The summed E-state index contributed by atoms with van der Waals surface area (Å²) in [5.74, 6) is 0. The van der Waals surface area contributed by atoms with Crippen LogP contribution in [-0.4, -0.2) is 13.4 Å². The molecule has 2 aromatic rings. The van der Waals surface area contributed by atoms with E-state index in [1.165, 1.54) is 0 Å². The standard InChI is InChI=1S/C12H12Cl4Si2/c1-17(13,14)11-7-3-6-10-9(11)5-4-8-12(10)18(2,15)16/h3-8H,1-2H3. The molecular formula is C12H12Cl4Si2. The summed E-state index contributed by atoms with van der Waals surface area (Å²) in [5.41, 5.74) is 0. The predicted molar refractivity (Wildman–Crippen MR) is 89.9 cm³/mol. The number of rotatable bonds is 2. The van der Waals surface area contributed by atoms with Crippen LogP contribution < -0.4 is 10.4 Å². The minimum absolute atomic E-state index is 1.01. The van der Waals surface area contributed by atoms with Gasteiger partial charge >= 0.3 is 0 Å². The topological polar surface area (TPSA) is 0 Å². The van der Waals surface area contributed by atoms with Crippen molar-refractivity contribution in [3.63, 3.8) is 0 Å². The highest BCUT2D eigenvalue weighted by Crippen LogP contribution is 2.23. The Kier molecular flexibility index (Phi) is 4.09. The summed E-state index contributed by atoms with van der Waals surface area (Å²) < 4.78 is 0. The van der Waals surface area contributed by atoms with Crippen LogP contribution in [0.1, 0.15) is 0 Å². The molecule has 0 unspecified atom stereocenters. The van der Waals surface area contributed by atoms with E-state index < -0.39 is 13.4 Å². The molecule has 0 radical (unpaired) electrons. The van der Waals surface area contributed by atoms with E-state index in [4.69, 9.17) is 44.3 Å². The van der Waals surface area contributed by atoms with Crippen LogP contribution in [0.25, 0.3) is 10.8 Å². The van der Waals surface area contributed by atoms with Gasteiger partial charge in [0.25, 0.3) is 13.4 Å². The quantitative estimate of drug-likeness (QED) is 0.556. The van der Waals surface area contributed by atoms with Crippen molar-refractivity contribution < 1.29 is 0 Å². The average molecular weight is 354 g/mol. The number of hydrogen-bond acceptors (Lipinski definition) is 0. The predicted octanol–water partition coefficient (Wildman–Crippen LogP) is 4.35. The minimum atomic E-state index is -2.41. The molecular weight excluding hydrogens is 342 g/mol. The smallest absolute Gasteiger partial charge is 0.140 e. The second kappa shape index (κ2) is 5.00. The van der Waals surface area contributed by atoms with E-state index in [9.17, 15) is 0 Å². The normalized spacial score (nSPS) is 13.0. The Labute approximate surface area is 128 Å². The molecule has 0 saturated carbocycles. The van der Waals surface area contributed by atoms with Gasteiger partial charge in [-0.05, 0) is 34.2 Å². The zero-order valence-electron chi connectivity index (χ0n) is 9.98. The molecule has 0 heterocycles. The summed E-state index contributed by atoms with van der Waals surface area (Å²) in [6.07, 6.45) is 0. The van der Waals surface area contributed by atoms with Crippen molar-refractivity contribution in [3.8, 4) is 0 Å². The molecule has 2 aromatic carbocycles. The molecule has 0 aliphatic carbocycles. The van der Waals surface area contributed by atoms with E-state index in [0.29, 0.717) is 0 Å². The maximum atomic E-state index is 6.35. The molecule has 0 N–H and O–H groups in total. The molecule has 0 amide bonds. The fourth-order valence-corrected chi connectivity index (χ4v) is 6.21. The largest absolute Gasteiger partial charge is 0.278 e. The third-order valence-electron chi connectivity index (χ3n) is 2.87. The SMILES string of the molecule is C[Si](Cl)(Cl)c1cccc2c([Si](C)(Cl)Cl)cccc12. The van der Waals surface area contributed by atoms with Crippen molar-refractivity contribution >= 4 is 78.8 Å². The molecule has 6 heteroatoms. The van der Waals surface area contributed by atoms with Crippen LogP contribution in [0.5, 0.6) is 0 Å². The lowest BCUT2D eigenvalue weighted by atomic mass is 10.1. The Hall–Kier alpha value is 0.294. The number of hydrogen-bond donors (Lipinski definition) is 0. The number of fused-ring (bicyclic) bond motifs is 1. The Balaban J connectivity index is 2.82. The third-order valence-corrected chi connectivity index (χ3v) is 8.07. The van der Waals surface area contributed by atoms with Crippen LogP contribution >= 0.6 is 44.3 Å². The zero-order valence-corrected chi connectivity index (χ0v) is 15.0. The lowest BCUT2D eigenvalue weighted by Gasteiger charge is -2.18. The van der Waals surface area contributed by atoms with Gasteiger partial charge in [-0.3, -0.25) is 0 Å². The van der Waals surface area contributed by atoms with E-state index >= 15 is 0 Å². The van der Waals surface area contributed by atoms with Crippen molar-refractivity contribution in [1.82, 2.24) is 0 Å². The fourth-order valence-electron chi connectivity index (χ4n) is 2.08. The van der Waals surface area contributed by atoms with Crippen LogP contribution in [0, 0.1) is 0 Å². The van der Waals surface area contributed by atoms with Crippen LogP contribution in [0.4, 0.5) is 0 Å². The highest BCUT2D eigenvalue weighted by atomic mass is 35.7. The van der Waals surface area contributed by atoms with Crippen molar-refractivity contribution in [3.05, 3.63) is 36.4 Å². The monoisotopic (exact) mass is 352 g/mol. The Morgan fingerprint density at radius 1 is 0.667 bits per heavy atom. The van der Waals surface area contributed by atoms with Gasteiger partial charge in [0, 0.05) is 0 Å². The van der Waals surface area contributed by atoms with E-state index in [0.717, 1.165) is 21.1 Å². The lowest BCUT2D eigenvalue weighted by Crippen LogP contribution is -2.37. The van der Waals surface area contributed by atoms with Gasteiger partial charge in [-0.25, -0.2) is 0 Å². The second-order valence-corrected chi connectivity index (χ2v) is 19.3. The van der Waals surface area contributed by atoms with Crippen LogP contribution in [0.15, 0.2) is 36.4 Å². The van der Waals surface area contributed by atoms with Gasteiger partial charge in [-0.1, -0.05) is 36.4 Å². The van der Waals surface area contributed by atoms with Gasteiger partial charge in [-0.15, -0.1) is 44.3 Å². The highest BCUT2D eigenvalue weighted by molar-refractivity contribution is 7.51. The fraction of sp³-hybridized carbons (Fsp3) is 0.167. The van der Waals surface area contributed by atoms with Crippen molar-refractivity contribution in [1.29, 1.82) is 0 Å². The van der Waals surface area contributed by atoms with E-state index in [1.54, 1.807) is 0 Å².